The Bertz CT molecular complexity index is 2340. The number of anilines is 1. The van der Waals surface area contributed by atoms with Gasteiger partial charge in [-0.05, 0) is 30.2 Å². The van der Waals surface area contributed by atoms with Crippen molar-refractivity contribution in [1.82, 2.24) is 42.1 Å². The van der Waals surface area contributed by atoms with Crippen LogP contribution in [0.1, 0.15) is 16.7 Å². The van der Waals surface area contributed by atoms with Crippen LogP contribution >= 0.6 is 0 Å². The van der Waals surface area contributed by atoms with E-state index >= 15 is 0 Å². The molecule has 2 aromatic rings. The molecule has 70 heavy (non-hydrogen) atoms. The number of hydrogen-bond donors (Lipinski definition) is 18. The van der Waals surface area contributed by atoms with Gasteiger partial charge in [0, 0.05) is 12.8 Å². The van der Waals surface area contributed by atoms with E-state index in [9.17, 15) is 69.6 Å². The summed E-state index contributed by atoms with van der Waals surface area (Å²) in [5.74, 6) is -7.81. The largest absolute Gasteiger partial charge is 0.506 e. The first-order valence-corrected chi connectivity index (χ1v) is 22.0. The third kappa shape index (κ3) is 12.1. The molecule has 14 atom stereocenters. The Kier molecular flexibility index (Phi) is 17.0. The number of amides is 6. The number of aromatic hydroxyl groups is 1. The summed E-state index contributed by atoms with van der Waals surface area (Å²) in [7, 11) is 0. The molecule has 28 heteroatoms. The second-order valence-electron chi connectivity index (χ2n) is 17.3. The van der Waals surface area contributed by atoms with E-state index in [1.54, 1.807) is 31.2 Å². The summed E-state index contributed by atoms with van der Waals surface area (Å²) in [4.78, 5) is 94.0. The number of nitrogen functional groups attached to an aromatic ring is 1. The van der Waals surface area contributed by atoms with Gasteiger partial charge in [-0.1, -0.05) is 35.9 Å². The summed E-state index contributed by atoms with van der Waals surface area (Å²) in [5.41, 5.74) is 19.5. The van der Waals surface area contributed by atoms with E-state index in [4.69, 9.17) is 21.9 Å². The molecule has 14 unspecified atom stereocenters. The van der Waals surface area contributed by atoms with E-state index < -0.39 is 153 Å². The second-order valence-corrected chi connectivity index (χ2v) is 17.3. The van der Waals surface area contributed by atoms with Crippen molar-refractivity contribution >= 4 is 53.0 Å². The first-order valence-electron chi connectivity index (χ1n) is 22.0. The van der Waals surface area contributed by atoms with Crippen LogP contribution in [0.4, 0.5) is 5.69 Å². The van der Waals surface area contributed by atoms with Crippen LogP contribution < -0.4 is 54.4 Å². The van der Waals surface area contributed by atoms with Crippen molar-refractivity contribution in [2.24, 2.45) is 21.5 Å². The van der Waals surface area contributed by atoms with Gasteiger partial charge in [-0.2, -0.15) is 0 Å². The topological polar surface area (TPSA) is 464 Å². The normalized spacial score (nSPS) is 31.5. The molecule has 0 spiro atoms. The van der Waals surface area contributed by atoms with Crippen molar-refractivity contribution in [1.29, 1.82) is 0 Å². The molecule has 4 heterocycles. The highest BCUT2D eigenvalue weighted by atomic mass is 16.6. The van der Waals surface area contributed by atoms with Crippen LogP contribution in [0, 0.1) is 6.92 Å². The fraction of sp³-hybridized carbons (Fsp3) is 0.524. The molecule has 0 aliphatic carbocycles. The molecule has 4 aliphatic heterocycles. The molecular weight excluding hydrogens is 927 g/mol. The van der Waals surface area contributed by atoms with Crippen molar-refractivity contribution in [3.8, 4) is 5.75 Å². The molecule has 2 fully saturated rings. The van der Waals surface area contributed by atoms with Gasteiger partial charge in [0.05, 0.1) is 50.6 Å². The minimum Gasteiger partial charge on any atom is -0.506 e. The molecule has 2 saturated heterocycles. The van der Waals surface area contributed by atoms with Crippen LogP contribution in [0.2, 0.25) is 0 Å². The zero-order valence-corrected chi connectivity index (χ0v) is 37.6. The van der Waals surface area contributed by atoms with Crippen molar-refractivity contribution in [2.45, 2.75) is 105 Å². The van der Waals surface area contributed by atoms with Gasteiger partial charge in [0.2, 0.25) is 35.4 Å². The zero-order chi connectivity index (χ0) is 51.1. The third-order valence-corrected chi connectivity index (χ3v) is 12.2. The van der Waals surface area contributed by atoms with Crippen molar-refractivity contribution in [2.75, 3.05) is 38.6 Å². The Morgan fingerprint density at radius 2 is 1.33 bits per heavy atom. The summed E-state index contributed by atoms with van der Waals surface area (Å²) in [5, 5.41) is 103. The number of guanidine groups is 2. The lowest BCUT2D eigenvalue weighted by atomic mass is 9.95. The summed E-state index contributed by atoms with van der Waals surface area (Å²) in [6.07, 6.45) is -13.7. The lowest BCUT2D eigenvalue weighted by Crippen LogP contribution is -2.70. The number of aliphatic imine (C=N–C) groups is 2. The number of ether oxygens (including phenoxy) is 1. The Hall–Kier alpha value is -6.92. The van der Waals surface area contributed by atoms with E-state index in [2.05, 4.69) is 47.2 Å². The molecule has 6 amide bonds. The maximum absolute atomic E-state index is 14.7. The number of rotatable bonds is 11. The Morgan fingerprint density at radius 1 is 0.700 bits per heavy atom. The summed E-state index contributed by atoms with van der Waals surface area (Å²) >= 11 is 0. The number of hydrogen-bond acceptors (Lipinski definition) is 22. The molecule has 382 valence electrons. The van der Waals surface area contributed by atoms with E-state index in [1.807, 2.05) is 0 Å². The predicted molar refractivity (Wildman–Crippen MR) is 242 cm³/mol. The minimum absolute atomic E-state index is 0.0977. The zero-order valence-electron chi connectivity index (χ0n) is 37.6. The molecule has 0 bridgehead atoms. The van der Waals surface area contributed by atoms with Gasteiger partial charge in [-0.25, -0.2) is 0 Å². The quantitative estimate of drug-likeness (QED) is 0.0734. The predicted octanol–water partition coefficient (Wildman–Crippen LogP) is -9.58. The van der Waals surface area contributed by atoms with Crippen molar-refractivity contribution < 1.29 is 74.4 Å². The van der Waals surface area contributed by atoms with Gasteiger partial charge in [0.15, 0.2) is 18.1 Å². The molecule has 4 aliphatic rings. The van der Waals surface area contributed by atoms with E-state index in [-0.39, 0.29) is 42.3 Å². The number of nitrogens with zero attached hydrogens (tertiary/aromatic N) is 3. The van der Waals surface area contributed by atoms with Gasteiger partial charge in [-0.3, -0.25) is 38.8 Å². The fourth-order valence-electron chi connectivity index (χ4n) is 8.39. The van der Waals surface area contributed by atoms with Gasteiger partial charge >= 0.3 is 0 Å². The summed E-state index contributed by atoms with van der Waals surface area (Å²) < 4.78 is 5.66. The number of carbonyl (C=O) groups is 6. The van der Waals surface area contributed by atoms with Crippen molar-refractivity contribution in [3.05, 3.63) is 59.2 Å². The first-order chi connectivity index (χ1) is 33.2. The van der Waals surface area contributed by atoms with Gasteiger partial charge in [0.1, 0.15) is 72.6 Å². The molecule has 0 saturated carbocycles. The SMILES string of the molecule is Cc1cccc(CC2NC(=O)CNC(=O)C(CO)NC(=O)C(C(O)C3CN=C(N)N3C3OC(CO)C(O)C(O)C3O)NC(=O)C(C(O)C3CN=C(N)N3)NC(=O)C(Cc3ccc(O)c(N)c3)NC2=O)c1. The van der Waals surface area contributed by atoms with Crippen LogP contribution in [-0.4, -0.2) is 211 Å². The molecule has 2 aromatic carbocycles. The number of phenols is 1. The van der Waals surface area contributed by atoms with Crippen LogP contribution in [0.5, 0.6) is 5.75 Å². The fourth-order valence-corrected chi connectivity index (χ4v) is 8.39. The van der Waals surface area contributed by atoms with Crippen LogP contribution in [0.15, 0.2) is 52.4 Å². The molecule has 28 nitrogen and oxygen atoms in total. The van der Waals surface area contributed by atoms with E-state index in [1.165, 1.54) is 18.2 Å². The lowest BCUT2D eigenvalue weighted by Gasteiger charge is -2.46. The Morgan fingerprint density at radius 3 is 1.97 bits per heavy atom. The van der Waals surface area contributed by atoms with E-state index in [0.717, 1.165) is 10.5 Å². The summed E-state index contributed by atoms with van der Waals surface area (Å²) in [6.45, 7) is -1.75. The molecule has 6 rings (SSSR count). The van der Waals surface area contributed by atoms with E-state index in [0.29, 0.717) is 5.56 Å². The smallest absolute Gasteiger partial charge is 0.246 e. The molecular formula is C42H59N13O15. The second kappa shape index (κ2) is 22.7. The third-order valence-electron chi connectivity index (χ3n) is 12.2. The van der Waals surface area contributed by atoms with Crippen LogP contribution in [-0.2, 0) is 46.3 Å². The average molecular weight is 986 g/mol. The maximum atomic E-state index is 14.7. The molecule has 21 N–H and O–H groups in total. The van der Waals surface area contributed by atoms with Crippen molar-refractivity contribution in [3.63, 3.8) is 0 Å². The molecule has 0 radical (unpaired) electrons. The maximum Gasteiger partial charge on any atom is 0.246 e. The first kappa shape index (κ1) is 52.5. The van der Waals surface area contributed by atoms with Crippen LogP contribution in [0.3, 0.4) is 0 Å². The average Bonchev–Trinajstić information content (AvgIpc) is 3.94. The molecule has 0 aromatic heterocycles. The number of aliphatic hydroxyl groups excluding tert-OH is 7. The highest BCUT2D eigenvalue weighted by Crippen LogP contribution is 2.29. The number of benzene rings is 2. The number of aliphatic hydroxyl groups is 7. The highest BCUT2D eigenvalue weighted by molar-refractivity contribution is 5.98. The van der Waals surface area contributed by atoms with Gasteiger partial charge in [-0.15, -0.1) is 0 Å². The number of phenolic OH excluding ortho intramolecular Hbond substituents is 1. The standard InChI is InChI=1S/C42H59N13O15/c1-16-3-2-4-17(7-16)9-20-36(66)50-21(10-18-5-6-25(58)19(43)8-18)37(67)53-28(30(60)22-11-47-41(44)52-22)39(69)54-29(38(68)51-23(14-56)35(65)46-13-27(59)49-20)31(61)24-12-48-42(45)55(24)40-34(64)33(63)32(62)26(15-57)70-40/h2-8,20-24,26,28-34,40,56-58,60-64H,9-15,43H2,1H3,(H2,45,48)(H,46,65)(H,49,59)(H,50,66)(H,51,68)(H,53,67)(H,54,69)(H3,44,47,52). The number of nitrogens with one attached hydrogen (secondary N) is 7. The summed E-state index contributed by atoms with van der Waals surface area (Å²) in [6, 6.07) is -1.24. The highest BCUT2D eigenvalue weighted by Gasteiger charge is 2.52. The number of aryl methyl sites for hydroxylation is 1. The number of carbonyl (C=O) groups excluding carboxylic acids is 6. The van der Waals surface area contributed by atoms with Gasteiger partial charge in [0.25, 0.3) is 0 Å². The monoisotopic (exact) mass is 985 g/mol. The Balaban J connectivity index is 1.41. The minimum atomic E-state index is -2.27. The van der Waals surface area contributed by atoms with Crippen LogP contribution in [0.25, 0.3) is 0 Å². The Labute approximate surface area is 398 Å². The van der Waals surface area contributed by atoms with Gasteiger partial charge < -0.3 is 105 Å². The number of nitrogens with two attached hydrogens (primary N) is 3. The lowest BCUT2D eigenvalue weighted by molar-refractivity contribution is -0.260.